The molecule has 0 bridgehead atoms. The molecule has 0 aromatic heterocycles. The molecule has 4 saturated carbocycles. The Morgan fingerprint density at radius 3 is 2.14 bits per heavy atom. The zero-order valence-electron chi connectivity index (χ0n) is 38.3. The SMILES string of the molecule is [2H]CC([2H])([2H])N1CCC[C@H]1C(=O)NC(C(=O)N[C@H](C(=O)N1C[C@]2(C[C@H]1C(=O)N[C@]1(C(=O)NS(=O)(=O)N3CCCC3)C[C@H]1C=C)C(C)(C)C21CCC1)C(C)(C)C)C1CCCCC1. The smallest absolute Gasteiger partial charge is 0.303 e. The first-order valence-electron chi connectivity index (χ1n) is 23.5. The quantitative estimate of drug-likeness (QED) is 0.204. The molecular formula is C43H69N7O7S. The highest BCUT2D eigenvalue weighted by Crippen LogP contribution is 2.88. The Bertz CT molecular complexity index is 1890. The van der Waals surface area contributed by atoms with Crippen LogP contribution in [0.15, 0.2) is 12.7 Å². The van der Waals surface area contributed by atoms with Gasteiger partial charge in [-0.3, -0.25) is 28.9 Å². The van der Waals surface area contributed by atoms with Crippen molar-refractivity contribution < 1.29 is 36.5 Å². The number of hydrogen-bond donors (Lipinski definition) is 4. The van der Waals surface area contributed by atoms with E-state index < -0.39 is 94.2 Å². The Kier molecular flexibility index (Phi) is 10.4. The zero-order chi connectivity index (χ0) is 44.6. The molecule has 4 aliphatic carbocycles. The first kappa shape index (κ1) is 39.1. The van der Waals surface area contributed by atoms with Gasteiger partial charge in [0.1, 0.15) is 23.7 Å². The summed E-state index contributed by atoms with van der Waals surface area (Å²) in [6.07, 6.45) is 11.6. The van der Waals surface area contributed by atoms with E-state index in [4.69, 9.17) is 4.11 Å². The summed E-state index contributed by atoms with van der Waals surface area (Å²) < 4.78 is 54.4. The third-order valence-electron chi connectivity index (χ3n) is 15.9. The number of carbonyl (C=O) groups excluding carboxylic acids is 5. The Hall–Kier alpha value is -3.04. The van der Waals surface area contributed by atoms with Gasteiger partial charge in [-0.2, -0.15) is 12.7 Å². The van der Waals surface area contributed by atoms with Crippen LogP contribution in [-0.2, 0) is 34.2 Å². The number of rotatable bonds is 13. The minimum atomic E-state index is -4.14. The zero-order valence-corrected chi connectivity index (χ0v) is 36.1. The number of fused-ring (bicyclic) bond motifs is 1. The molecule has 3 saturated heterocycles. The van der Waals surface area contributed by atoms with E-state index in [0.717, 1.165) is 38.5 Å². The lowest BCUT2D eigenvalue weighted by atomic mass is 9.73. The fraction of sp³-hybridized carbons (Fsp3) is 0.837. The van der Waals surface area contributed by atoms with E-state index in [1.807, 2.05) is 20.8 Å². The Balaban J connectivity index is 1.15. The van der Waals surface area contributed by atoms with Crippen molar-refractivity contribution in [3.63, 3.8) is 0 Å². The summed E-state index contributed by atoms with van der Waals surface area (Å²) in [5, 5.41) is 8.99. The van der Waals surface area contributed by atoms with E-state index in [0.29, 0.717) is 64.6 Å². The molecule has 14 nitrogen and oxygen atoms in total. The highest BCUT2D eigenvalue weighted by Gasteiger charge is 2.85. The first-order valence-corrected chi connectivity index (χ1v) is 23.2. The molecule has 324 valence electrons. The maximum atomic E-state index is 15.3. The van der Waals surface area contributed by atoms with Crippen LogP contribution in [-0.4, -0.2) is 114 Å². The molecule has 7 atom stereocenters. The van der Waals surface area contributed by atoms with Crippen molar-refractivity contribution in [3.05, 3.63) is 12.7 Å². The molecule has 7 fully saturated rings. The van der Waals surface area contributed by atoms with Gasteiger partial charge in [0.05, 0.1) is 6.04 Å². The van der Waals surface area contributed by atoms with Crippen LogP contribution in [0.4, 0.5) is 0 Å². The number of nitrogens with one attached hydrogen (secondary N) is 4. The Labute approximate surface area is 350 Å². The third kappa shape index (κ3) is 7.10. The summed E-state index contributed by atoms with van der Waals surface area (Å²) in [7, 11) is -4.14. The van der Waals surface area contributed by atoms with Gasteiger partial charge in [-0.25, -0.2) is 4.72 Å². The van der Waals surface area contributed by atoms with Crippen LogP contribution in [0, 0.1) is 33.5 Å². The molecule has 3 aliphatic heterocycles. The molecule has 58 heavy (non-hydrogen) atoms. The lowest BCUT2D eigenvalue weighted by molar-refractivity contribution is -0.145. The second-order valence-corrected chi connectivity index (χ2v) is 21.8. The van der Waals surface area contributed by atoms with Crippen LogP contribution >= 0.6 is 0 Å². The van der Waals surface area contributed by atoms with Gasteiger partial charge in [0.25, 0.3) is 5.91 Å². The summed E-state index contributed by atoms with van der Waals surface area (Å²) in [6.45, 7) is 12.5. The molecule has 1 unspecified atom stereocenters. The van der Waals surface area contributed by atoms with Crippen LogP contribution in [0.2, 0.25) is 0 Å². The van der Waals surface area contributed by atoms with Gasteiger partial charge in [-0.1, -0.05) is 73.3 Å². The summed E-state index contributed by atoms with van der Waals surface area (Å²) >= 11 is 0. The molecule has 15 heteroatoms. The topological polar surface area (TPSA) is 177 Å². The van der Waals surface area contributed by atoms with E-state index in [1.165, 1.54) is 15.3 Å². The monoisotopic (exact) mass is 831 g/mol. The van der Waals surface area contributed by atoms with Gasteiger partial charge in [0.2, 0.25) is 23.6 Å². The molecule has 5 amide bonds. The van der Waals surface area contributed by atoms with E-state index in [2.05, 4.69) is 41.1 Å². The molecular weight excluding hydrogens is 759 g/mol. The summed E-state index contributed by atoms with van der Waals surface area (Å²) in [6, 6.07) is -3.94. The van der Waals surface area contributed by atoms with Gasteiger partial charge in [0, 0.05) is 35.1 Å². The predicted octanol–water partition coefficient (Wildman–Crippen LogP) is 3.38. The minimum absolute atomic E-state index is 0.0593. The molecule has 3 heterocycles. The van der Waals surface area contributed by atoms with Crippen molar-refractivity contribution >= 4 is 39.7 Å². The van der Waals surface area contributed by atoms with Crippen LogP contribution in [0.3, 0.4) is 0 Å². The maximum Gasteiger partial charge on any atom is 0.303 e. The van der Waals surface area contributed by atoms with Gasteiger partial charge in [-0.15, -0.1) is 6.58 Å². The standard InChI is InChI=1S/C43H69N7O7S/c1-8-29-25-43(29,38(55)47-58(56,57)49-23-13-14-24-49)46-35(52)31-26-42(40(6,7)41(42)20-16-21-41)27-50(31)37(54)33(39(3,4)5)45-36(53)32(28-17-11-10-12-18-28)44-34(51)30-19-15-22-48(30)9-2/h8,28-33H,1,9-27H2,2-7H3,(H,44,51)(H,45,53)(H,46,52)(H,47,55)/t29-,30+,31+,32?,33-,42-,43-/m1/s1/i2D,9D2. The van der Waals surface area contributed by atoms with E-state index in [-0.39, 0.29) is 35.1 Å². The van der Waals surface area contributed by atoms with Crippen molar-refractivity contribution in [1.29, 1.82) is 0 Å². The molecule has 0 aromatic carbocycles. The van der Waals surface area contributed by atoms with Crippen molar-refractivity contribution in [2.45, 2.75) is 161 Å². The van der Waals surface area contributed by atoms with Gasteiger partial charge < -0.3 is 20.9 Å². The first-order chi connectivity index (χ1) is 28.5. The fourth-order valence-corrected chi connectivity index (χ4v) is 13.3. The average Bonchev–Trinajstić information content (AvgIpc) is 3.61. The molecule has 7 aliphatic rings. The van der Waals surface area contributed by atoms with Crippen LogP contribution in [0.1, 0.15) is 136 Å². The van der Waals surface area contributed by atoms with Crippen LogP contribution < -0.4 is 20.7 Å². The number of amides is 5. The number of likely N-dealkylation sites (N-methyl/N-ethyl adjacent to an activating group) is 1. The van der Waals surface area contributed by atoms with Gasteiger partial charge in [0.15, 0.2) is 0 Å². The summed E-state index contributed by atoms with van der Waals surface area (Å²) in [5.74, 6) is -3.54. The Morgan fingerprint density at radius 2 is 1.57 bits per heavy atom. The van der Waals surface area contributed by atoms with Gasteiger partial charge in [-0.05, 0) is 99.4 Å². The van der Waals surface area contributed by atoms with Crippen molar-refractivity contribution in [1.82, 2.24) is 34.8 Å². The number of carbonyl (C=O) groups is 5. The van der Waals surface area contributed by atoms with E-state index >= 15 is 4.79 Å². The Morgan fingerprint density at radius 1 is 0.879 bits per heavy atom. The van der Waals surface area contributed by atoms with E-state index in [9.17, 15) is 27.6 Å². The molecule has 2 spiro atoms. The van der Waals surface area contributed by atoms with Crippen molar-refractivity contribution in [2.75, 3.05) is 32.7 Å². The average molecular weight is 831 g/mol. The highest BCUT2D eigenvalue weighted by atomic mass is 32.2. The molecule has 0 radical (unpaired) electrons. The number of likely N-dealkylation sites (tertiary alicyclic amines) is 2. The van der Waals surface area contributed by atoms with Crippen LogP contribution in [0.25, 0.3) is 0 Å². The lowest BCUT2D eigenvalue weighted by Gasteiger charge is -2.38. The molecule has 0 aromatic rings. The number of hydrogen-bond acceptors (Lipinski definition) is 8. The number of nitrogens with zero attached hydrogens (tertiary/aromatic N) is 3. The van der Waals surface area contributed by atoms with Crippen molar-refractivity contribution in [3.8, 4) is 0 Å². The van der Waals surface area contributed by atoms with Gasteiger partial charge >= 0.3 is 10.2 Å². The maximum absolute atomic E-state index is 15.3. The second-order valence-electron chi connectivity index (χ2n) is 20.1. The summed E-state index contributed by atoms with van der Waals surface area (Å²) in [5.41, 5.74) is -3.03. The summed E-state index contributed by atoms with van der Waals surface area (Å²) in [4.78, 5) is 75.5. The second kappa shape index (κ2) is 15.5. The highest BCUT2D eigenvalue weighted by molar-refractivity contribution is 7.87. The third-order valence-corrected chi connectivity index (χ3v) is 17.4. The van der Waals surface area contributed by atoms with E-state index in [1.54, 1.807) is 4.90 Å². The van der Waals surface area contributed by atoms with Crippen molar-refractivity contribution in [2.24, 2.45) is 33.5 Å². The lowest BCUT2D eigenvalue weighted by Crippen LogP contribution is -2.63. The van der Waals surface area contributed by atoms with Crippen LogP contribution in [0.5, 0.6) is 0 Å². The fourth-order valence-electron chi connectivity index (χ4n) is 12.0. The molecule has 4 N–H and O–H groups in total. The largest absolute Gasteiger partial charge is 0.343 e. The predicted molar refractivity (Wildman–Crippen MR) is 220 cm³/mol. The minimum Gasteiger partial charge on any atom is -0.343 e. The molecule has 7 rings (SSSR count). The normalized spacial score (nSPS) is 33.9.